The summed E-state index contributed by atoms with van der Waals surface area (Å²) in [5.74, 6) is -0.823. The monoisotopic (exact) mass is 422 g/mol. The van der Waals surface area contributed by atoms with Gasteiger partial charge in [0.05, 0.1) is 18.4 Å². The quantitative estimate of drug-likeness (QED) is 0.653. The van der Waals surface area contributed by atoms with Gasteiger partial charge in [0.25, 0.3) is 5.91 Å². The molecule has 4 rings (SSSR count). The van der Waals surface area contributed by atoms with E-state index in [4.69, 9.17) is 0 Å². The van der Waals surface area contributed by atoms with Crippen LogP contribution < -0.4 is 10.2 Å². The molecule has 1 aliphatic heterocycles. The molecule has 0 radical (unpaired) electrons. The molecular formula is C19H18F4N6O. The molecule has 1 fully saturated rings. The number of anilines is 1. The number of pyridine rings is 1. The highest BCUT2D eigenvalue weighted by atomic mass is 19.4. The lowest BCUT2D eigenvalue weighted by molar-refractivity contribution is -0.149. The predicted octanol–water partition coefficient (Wildman–Crippen LogP) is 3.29. The number of fused-ring (bicyclic) bond motifs is 1. The van der Waals surface area contributed by atoms with Crippen molar-refractivity contribution in [2.75, 3.05) is 11.4 Å². The predicted molar refractivity (Wildman–Crippen MR) is 99.5 cm³/mol. The fourth-order valence-corrected chi connectivity index (χ4v) is 3.53. The minimum absolute atomic E-state index is 0.0591. The van der Waals surface area contributed by atoms with Gasteiger partial charge in [-0.2, -0.15) is 18.3 Å². The second-order valence-electron chi connectivity index (χ2n) is 7.14. The van der Waals surface area contributed by atoms with E-state index >= 15 is 0 Å². The van der Waals surface area contributed by atoms with Gasteiger partial charge >= 0.3 is 6.18 Å². The number of hydrogen-bond acceptors (Lipinski definition) is 5. The van der Waals surface area contributed by atoms with Crippen molar-refractivity contribution in [3.63, 3.8) is 0 Å². The summed E-state index contributed by atoms with van der Waals surface area (Å²) in [6.45, 7) is 1.52. The first-order valence-corrected chi connectivity index (χ1v) is 9.33. The van der Waals surface area contributed by atoms with Crippen LogP contribution in [0, 0.1) is 5.82 Å². The molecule has 4 heterocycles. The van der Waals surface area contributed by atoms with Gasteiger partial charge in [-0.1, -0.05) is 0 Å². The molecule has 1 N–H and O–H groups in total. The highest BCUT2D eigenvalue weighted by Gasteiger charge is 2.37. The number of aromatic nitrogens is 4. The van der Waals surface area contributed by atoms with Crippen molar-refractivity contribution in [1.82, 2.24) is 24.9 Å². The molecule has 11 heteroatoms. The zero-order valence-electron chi connectivity index (χ0n) is 15.9. The Labute approximate surface area is 168 Å². The molecule has 158 valence electrons. The Hall–Kier alpha value is -3.24. The molecule has 3 aromatic rings. The molecule has 0 aromatic carbocycles. The van der Waals surface area contributed by atoms with Crippen molar-refractivity contribution >= 4 is 17.4 Å². The molecule has 0 saturated carbocycles. The summed E-state index contributed by atoms with van der Waals surface area (Å²) in [6, 6.07) is 0.968. The topological polar surface area (TPSA) is 75.4 Å². The maximum Gasteiger partial charge on any atom is 0.408 e. The standard InChI is InChI=1S/C19H18F4N6O/c1-11(19(21,22)23)26-18(30)14-10-25-29-6-4-16(27-17(14)29)28-5-2-3-15(28)12-7-13(20)9-24-8-12/h4,6-11,15H,2-3,5H2,1H3,(H,26,30)/t11?,15-/m1/s1. The van der Waals surface area contributed by atoms with E-state index in [1.165, 1.54) is 16.8 Å². The smallest absolute Gasteiger partial charge is 0.349 e. The molecule has 7 nitrogen and oxygen atoms in total. The Balaban J connectivity index is 1.65. The normalized spacial score (nSPS) is 18.0. The van der Waals surface area contributed by atoms with Gasteiger partial charge in [0.15, 0.2) is 5.65 Å². The van der Waals surface area contributed by atoms with E-state index in [1.807, 2.05) is 10.2 Å². The Bertz CT molecular complexity index is 1080. The molecular weight excluding hydrogens is 404 g/mol. The van der Waals surface area contributed by atoms with Crippen LogP contribution in [-0.4, -0.2) is 44.3 Å². The summed E-state index contributed by atoms with van der Waals surface area (Å²) in [6.07, 6.45) is 2.56. The lowest BCUT2D eigenvalue weighted by Crippen LogP contribution is -2.43. The first kappa shape index (κ1) is 20.0. The number of halogens is 4. The number of carbonyl (C=O) groups is 1. The average Bonchev–Trinajstić information content (AvgIpc) is 3.33. The molecule has 3 aromatic heterocycles. The number of nitrogens with one attached hydrogen (secondary N) is 1. The van der Waals surface area contributed by atoms with Gasteiger partial charge in [-0.15, -0.1) is 0 Å². The molecule has 0 aliphatic carbocycles. The summed E-state index contributed by atoms with van der Waals surface area (Å²) >= 11 is 0. The van der Waals surface area contributed by atoms with E-state index in [0.29, 0.717) is 17.9 Å². The molecule has 1 unspecified atom stereocenters. The second-order valence-corrected chi connectivity index (χ2v) is 7.14. The summed E-state index contributed by atoms with van der Waals surface area (Å²) < 4.78 is 53.3. The largest absolute Gasteiger partial charge is 0.408 e. The maximum absolute atomic E-state index is 13.6. The average molecular weight is 422 g/mol. The fraction of sp³-hybridized carbons (Fsp3) is 0.368. The molecule has 2 atom stereocenters. The number of hydrogen-bond donors (Lipinski definition) is 1. The summed E-state index contributed by atoms with van der Waals surface area (Å²) in [4.78, 5) is 22.7. The third-order valence-corrected chi connectivity index (χ3v) is 5.10. The number of alkyl halides is 3. The van der Waals surface area contributed by atoms with Crippen molar-refractivity contribution in [3.8, 4) is 0 Å². The zero-order valence-corrected chi connectivity index (χ0v) is 15.9. The highest BCUT2D eigenvalue weighted by molar-refractivity contribution is 6.00. The van der Waals surface area contributed by atoms with Crippen LogP contribution in [0.4, 0.5) is 23.4 Å². The lowest BCUT2D eigenvalue weighted by Gasteiger charge is -2.26. The van der Waals surface area contributed by atoms with E-state index in [0.717, 1.165) is 26.0 Å². The molecule has 0 spiro atoms. The van der Waals surface area contributed by atoms with Gasteiger partial charge in [0.2, 0.25) is 0 Å². The van der Waals surface area contributed by atoms with E-state index in [1.54, 1.807) is 18.5 Å². The van der Waals surface area contributed by atoms with Gasteiger partial charge in [0, 0.05) is 18.9 Å². The van der Waals surface area contributed by atoms with Gasteiger partial charge < -0.3 is 10.2 Å². The fourth-order valence-electron chi connectivity index (χ4n) is 3.53. The third kappa shape index (κ3) is 3.79. The van der Waals surface area contributed by atoms with Crippen LogP contribution in [0.25, 0.3) is 5.65 Å². The van der Waals surface area contributed by atoms with E-state index in [9.17, 15) is 22.4 Å². The SMILES string of the molecule is CC(NC(=O)c1cnn2ccc(N3CCC[C@@H]3c3cncc(F)c3)nc12)C(F)(F)F. The van der Waals surface area contributed by atoms with Crippen LogP contribution in [-0.2, 0) is 0 Å². The number of amides is 1. The van der Waals surface area contributed by atoms with Crippen LogP contribution in [0.2, 0.25) is 0 Å². The van der Waals surface area contributed by atoms with Crippen molar-refractivity contribution in [1.29, 1.82) is 0 Å². The van der Waals surface area contributed by atoms with Crippen LogP contribution >= 0.6 is 0 Å². The van der Waals surface area contributed by atoms with Gasteiger partial charge in [-0.3, -0.25) is 9.78 Å². The Morgan fingerprint density at radius 2 is 2.10 bits per heavy atom. The van der Waals surface area contributed by atoms with Crippen molar-refractivity contribution in [2.24, 2.45) is 0 Å². The summed E-state index contributed by atoms with van der Waals surface area (Å²) in [5, 5.41) is 5.92. The van der Waals surface area contributed by atoms with Gasteiger partial charge in [-0.05, 0) is 37.5 Å². The number of rotatable bonds is 4. The van der Waals surface area contributed by atoms with Crippen LogP contribution in [0.3, 0.4) is 0 Å². The molecule has 0 bridgehead atoms. The Morgan fingerprint density at radius 3 is 2.83 bits per heavy atom. The van der Waals surface area contributed by atoms with Crippen LogP contribution in [0.5, 0.6) is 0 Å². The van der Waals surface area contributed by atoms with Crippen molar-refractivity contribution in [2.45, 2.75) is 38.0 Å². The van der Waals surface area contributed by atoms with Crippen molar-refractivity contribution < 1.29 is 22.4 Å². The highest BCUT2D eigenvalue weighted by Crippen LogP contribution is 2.35. The van der Waals surface area contributed by atoms with E-state index in [-0.39, 0.29) is 17.3 Å². The van der Waals surface area contributed by atoms with Gasteiger partial charge in [-0.25, -0.2) is 13.9 Å². The Kier molecular flexibility index (Phi) is 5.04. The first-order valence-electron chi connectivity index (χ1n) is 9.33. The second kappa shape index (κ2) is 7.54. The first-order chi connectivity index (χ1) is 14.2. The van der Waals surface area contributed by atoms with E-state index < -0.39 is 23.9 Å². The lowest BCUT2D eigenvalue weighted by atomic mass is 10.1. The number of carbonyl (C=O) groups excluding carboxylic acids is 1. The molecule has 1 saturated heterocycles. The molecule has 1 amide bonds. The van der Waals surface area contributed by atoms with Crippen LogP contribution in [0.1, 0.15) is 41.7 Å². The zero-order chi connectivity index (χ0) is 21.5. The van der Waals surface area contributed by atoms with E-state index in [2.05, 4.69) is 15.1 Å². The minimum atomic E-state index is -4.56. The van der Waals surface area contributed by atoms with Crippen LogP contribution in [0.15, 0.2) is 36.9 Å². The molecule has 30 heavy (non-hydrogen) atoms. The minimum Gasteiger partial charge on any atom is -0.349 e. The summed E-state index contributed by atoms with van der Waals surface area (Å²) in [5.41, 5.74) is 0.790. The number of nitrogens with zero attached hydrogens (tertiary/aromatic N) is 5. The summed E-state index contributed by atoms with van der Waals surface area (Å²) in [7, 11) is 0. The Morgan fingerprint density at radius 1 is 1.30 bits per heavy atom. The van der Waals surface area contributed by atoms with Crippen molar-refractivity contribution in [3.05, 3.63) is 53.9 Å². The third-order valence-electron chi connectivity index (χ3n) is 5.10. The maximum atomic E-state index is 13.6. The van der Waals surface area contributed by atoms with Gasteiger partial charge in [0.1, 0.15) is 23.2 Å². The molecule has 1 aliphatic rings.